The van der Waals surface area contributed by atoms with Crippen molar-refractivity contribution in [3.8, 4) is 0 Å². The van der Waals surface area contributed by atoms with Crippen molar-refractivity contribution in [2.24, 2.45) is 11.1 Å². The quantitative estimate of drug-likeness (QED) is 0.820. The van der Waals surface area contributed by atoms with Crippen LogP contribution in [0.3, 0.4) is 0 Å². The number of likely N-dealkylation sites (tertiary alicyclic amines) is 1. The lowest BCUT2D eigenvalue weighted by Gasteiger charge is -2.32. The number of nitrogens with zero attached hydrogens (tertiary/aromatic N) is 2. The van der Waals surface area contributed by atoms with Gasteiger partial charge < -0.3 is 14.8 Å². The molecule has 0 saturated carbocycles. The maximum absolute atomic E-state index is 12.9. The van der Waals surface area contributed by atoms with Crippen LogP contribution in [0.1, 0.15) is 47.7 Å². The molecule has 2 aliphatic heterocycles. The lowest BCUT2D eigenvalue weighted by molar-refractivity contribution is -0.160. The number of carbonyl (C=O) groups is 2. The van der Waals surface area contributed by atoms with E-state index in [-0.39, 0.29) is 12.3 Å². The zero-order valence-electron chi connectivity index (χ0n) is 17.1. The molecule has 0 aromatic heterocycles. The average Bonchev–Trinajstić information content (AvgIpc) is 3.18. The molecular weight excluding hydrogens is 380 g/mol. The van der Waals surface area contributed by atoms with E-state index in [1.807, 2.05) is 23.1 Å². The number of hydrogen-bond acceptors (Lipinski definition) is 4. The topological polar surface area (TPSA) is 79.2 Å². The van der Waals surface area contributed by atoms with Crippen LogP contribution in [-0.2, 0) is 16.1 Å². The zero-order chi connectivity index (χ0) is 21.1. The van der Waals surface area contributed by atoms with E-state index < -0.39 is 11.6 Å². The van der Waals surface area contributed by atoms with Crippen LogP contribution in [0.2, 0.25) is 0 Å². The summed E-state index contributed by atoms with van der Waals surface area (Å²) in [7, 11) is 0. The van der Waals surface area contributed by atoms with E-state index in [4.69, 9.17) is 4.84 Å². The van der Waals surface area contributed by atoms with Gasteiger partial charge in [-0.25, -0.2) is 4.79 Å². The molecule has 1 fully saturated rings. The zero-order valence-corrected chi connectivity index (χ0v) is 17.1. The molecule has 6 heteroatoms. The summed E-state index contributed by atoms with van der Waals surface area (Å²) in [5.41, 5.74) is 2.03. The van der Waals surface area contributed by atoms with Gasteiger partial charge in [0.25, 0.3) is 5.91 Å². The maximum Gasteiger partial charge on any atom is 0.351 e. The van der Waals surface area contributed by atoms with Crippen LogP contribution in [0.5, 0.6) is 0 Å². The number of carbonyl (C=O) groups excluding carboxylic acids is 1. The molecule has 2 aromatic carbocycles. The van der Waals surface area contributed by atoms with Gasteiger partial charge in [0.1, 0.15) is 0 Å². The number of piperidine rings is 1. The lowest BCUT2D eigenvalue weighted by Crippen LogP contribution is -2.38. The Labute approximate surface area is 176 Å². The highest BCUT2D eigenvalue weighted by atomic mass is 16.7. The van der Waals surface area contributed by atoms with Gasteiger partial charge in [-0.05, 0) is 55.4 Å². The molecule has 1 saturated heterocycles. The van der Waals surface area contributed by atoms with Gasteiger partial charge in [0.2, 0.25) is 5.60 Å². The fourth-order valence-corrected chi connectivity index (χ4v) is 4.08. The maximum atomic E-state index is 12.9. The molecule has 1 unspecified atom stereocenters. The van der Waals surface area contributed by atoms with E-state index in [0.29, 0.717) is 17.2 Å². The van der Waals surface area contributed by atoms with Crippen LogP contribution in [0.4, 0.5) is 0 Å². The molecule has 2 aliphatic rings. The highest BCUT2D eigenvalue weighted by Gasteiger charge is 2.42. The third kappa shape index (κ3) is 4.22. The van der Waals surface area contributed by atoms with Crippen LogP contribution in [-0.4, -0.2) is 46.3 Å². The molecule has 0 radical (unpaired) electrons. The minimum atomic E-state index is -1.33. The molecule has 6 nitrogen and oxygen atoms in total. The monoisotopic (exact) mass is 406 g/mol. The van der Waals surface area contributed by atoms with Crippen LogP contribution in [0, 0.1) is 5.92 Å². The van der Waals surface area contributed by atoms with Crippen molar-refractivity contribution in [2.45, 2.75) is 38.2 Å². The fourth-order valence-electron chi connectivity index (χ4n) is 4.08. The van der Waals surface area contributed by atoms with Crippen LogP contribution >= 0.6 is 0 Å². The summed E-state index contributed by atoms with van der Waals surface area (Å²) >= 11 is 0. The van der Waals surface area contributed by atoms with Crippen molar-refractivity contribution in [2.75, 3.05) is 13.1 Å². The Morgan fingerprint density at radius 1 is 1.10 bits per heavy atom. The van der Waals surface area contributed by atoms with E-state index in [9.17, 15) is 14.7 Å². The largest absolute Gasteiger partial charge is 0.478 e. The Bertz CT molecular complexity index is 947. The van der Waals surface area contributed by atoms with Gasteiger partial charge in [0.05, 0.1) is 5.71 Å². The highest BCUT2D eigenvalue weighted by molar-refractivity contribution is 6.05. The van der Waals surface area contributed by atoms with Gasteiger partial charge >= 0.3 is 5.97 Å². The minimum Gasteiger partial charge on any atom is -0.478 e. The van der Waals surface area contributed by atoms with E-state index in [2.05, 4.69) is 29.4 Å². The van der Waals surface area contributed by atoms with Crippen LogP contribution in [0.25, 0.3) is 0 Å². The molecule has 30 heavy (non-hydrogen) atoms. The summed E-state index contributed by atoms with van der Waals surface area (Å²) in [5, 5.41) is 13.2. The second-order valence-electron chi connectivity index (χ2n) is 8.34. The fraction of sp³-hybridized carbons (Fsp3) is 0.375. The standard InChI is InChI=1S/C24H26N2O4/c1-24(23(28)29)16-21(25-30-24)19-7-9-20(10-8-19)22(27)26-13-11-18(12-14-26)15-17-5-3-2-4-6-17/h2-10,18H,11-16H2,1H3,(H,28,29). The van der Waals surface area contributed by atoms with Crippen molar-refractivity contribution >= 4 is 17.6 Å². The van der Waals surface area contributed by atoms with Gasteiger partial charge in [-0.15, -0.1) is 0 Å². The van der Waals surface area contributed by atoms with Crippen molar-refractivity contribution in [1.82, 2.24) is 4.90 Å². The number of carboxylic acids is 1. The van der Waals surface area contributed by atoms with Crippen molar-refractivity contribution in [3.63, 3.8) is 0 Å². The summed E-state index contributed by atoms with van der Waals surface area (Å²) in [6, 6.07) is 17.7. The molecular formula is C24H26N2O4. The molecule has 156 valence electrons. The Morgan fingerprint density at radius 3 is 2.37 bits per heavy atom. The minimum absolute atomic E-state index is 0.0414. The molecule has 1 amide bonds. The summed E-state index contributed by atoms with van der Waals surface area (Å²) in [6.07, 6.45) is 3.29. The molecule has 2 heterocycles. The van der Waals surface area contributed by atoms with Gasteiger partial charge in [-0.3, -0.25) is 4.79 Å². The number of rotatable bonds is 5. The third-order valence-electron chi connectivity index (χ3n) is 6.05. The summed E-state index contributed by atoms with van der Waals surface area (Å²) in [4.78, 5) is 31.2. The first-order valence-corrected chi connectivity index (χ1v) is 10.4. The smallest absolute Gasteiger partial charge is 0.351 e. The van der Waals surface area contributed by atoms with E-state index in [1.54, 1.807) is 12.1 Å². The molecule has 2 aromatic rings. The van der Waals surface area contributed by atoms with Crippen molar-refractivity contribution in [1.29, 1.82) is 0 Å². The number of hydrogen-bond donors (Lipinski definition) is 1. The summed E-state index contributed by atoms with van der Waals surface area (Å²) in [5.74, 6) is -0.383. The SMILES string of the molecule is CC1(C(=O)O)CC(c2ccc(C(=O)N3CCC(Cc4ccccc4)CC3)cc2)=NO1. The van der Waals surface area contributed by atoms with E-state index in [0.717, 1.165) is 37.9 Å². The number of carboxylic acid groups (broad SMARTS) is 1. The van der Waals surface area contributed by atoms with Crippen molar-refractivity contribution in [3.05, 3.63) is 71.3 Å². The predicted molar refractivity (Wildman–Crippen MR) is 113 cm³/mol. The molecule has 1 atom stereocenters. The van der Waals surface area contributed by atoms with Crippen LogP contribution in [0.15, 0.2) is 59.8 Å². The molecule has 0 bridgehead atoms. The summed E-state index contributed by atoms with van der Waals surface area (Å²) in [6.45, 7) is 3.05. The van der Waals surface area contributed by atoms with E-state index >= 15 is 0 Å². The van der Waals surface area contributed by atoms with Gasteiger partial charge in [-0.1, -0.05) is 47.6 Å². The van der Waals surface area contributed by atoms with Crippen LogP contribution < -0.4 is 0 Å². The Morgan fingerprint density at radius 2 is 1.77 bits per heavy atom. The Hall–Kier alpha value is -3.15. The Balaban J connectivity index is 1.33. The number of aliphatic carboxylic acids is 1. The Kier molecular flexibility index (Phi) is 5.57. The first-order chi connectivity index (χ1) is 14.4. The predicted octanol–water partition coefficient (Wildman–Crippen LogP) is 3.75. The lowest BCUT2D eigenvalue weighted by atomic mass is 9.90. The number of oxime groups is 1. The molecule has 1 N–H and O–H groups in total. The second kappa shape index (κ2) is 8.30. The number of benzene rings is 2. The first kappa shape index (κ1) is 20.1. The third-order valence-corrected chi connectivity index (χ3v) is 6.05. The van der Waals surface area contributed by atoms with Gasteiger partial charge in [0, 0.05) is 25.1 Å². The number of amides is 1. The molecule has 4 rings (SSSR count). The van der Waals surface area contributed by atoms with E-state index in [1.165, 1.54) is 12.5 Å². The molecule has 0 spiro atoms. The molecule has 0 aliphatic carbocycles. The first-order valence-electron chi connectivity index (χ1n) is 10.4. The summed E-state index contributed by atoms with van der Waals surface area (Å²) < 4.78 is 0. The van der Waals surface area contributed by atoms with Crippen molar-refractivity contribution < 1.29 is 19.5 Å². The second-order valence-corrected chi connectivity index (χ2v) is 8.34. The normalized spacial score (nSPS) is 21.8. The highest BCUT2D eigenvalue weighted by Crippen LogP contribution is 2.27. The van der Waals surface area contributed by atoms with Gasteiger partial charge in [0.15, 0.2) is 0 Å². The average molecular weight is 406 g/mol. The van der Waals surface area contributed by atoms with Gasteiger partial charge in [-0.2, -0.15) is 0 Å².